The molecule has 0 bridgehead atoms. The molecule has 94 valence electrons. The first kappa shape index (κ1) is 12.5. The Morgan fingerprint density at radius 2 is 2.24 bits per heavy atom. The molecule has 3 nitrogen and oxygen atoms in total. The summed E-state index contributed by atoms with van der Waals surface area (Å²) in [5.74, 6) is -0.450. The van der Waals surface area contributed by atoms with Crippen molar-refractivity contribution in [2.75, 3.05) is 24.3 Å². The van der Waals surface area contributed by atoms with Crippen molar-refractivity contribution in [1.29, 1.82) is 0 Å². The highest BCUT2D eigenvalue weighted by molar-refractivity contribution is 6.31. The fraction of sp³-hybridized carbons (Fsp3) is 0.500. The Morgan fingerprint density at radius 1 is 1.53 bits per heavy atom. The van der Waals surface area contributed by atoms with Crippen molar-refractivity contribution in [3.05, 3.63) is 23.0 Å². The van der Waals surface area contributed by atoms with Crippen molar-refractivity contribution in [1.82, 2.24) is 0 Å². The predicted molar refractivity (Wildman–Crippen MR) is 68.0 cm³/mol. The topological polar surface area (TPSA) is 38.5 Å². The molecule has 0 radical (unpaired) electrons. The lowest BCUT2D eigenvalue weighted by atomic mass is 10.1. The summed E-state index contributed by atoms with van der Waals surface area (Å²) >= 11 is 5.68. The molecule has 5 heteroatoms. The van der Waals surface area contributed by atoms with Crippen molar-refractivity contribution in [2.24, 2.45) is 0 Å². The minimum absolute atomic E-state index is 0.0513. The SMILES string of the molecule is CC1OCCC1N(C)c1cc(F)c(Cl)cc1N. The lowest BCUT2D eigenvalue weighted by Crippen LogP contribution is -2.37. The van der Waals surface area contributed by atoms with Crippen LogP contribution in [-0.2, 0) is 4.74 Å². The van der Waals surface area contributed by atoms with Gasteiger partial charge in [-0.15, -0.1) is 0 Å². The van der Waals surface area contributed by atoms with Crippen LogP contribution in [0, 0.1) is 5.82 Å². The predicted octanol–water partition coefficient (Wildman–Crippen LogP) is 2.67. The Bertz CT molecular complexity index is 427. The second-order valence-electron chi connectivity index (χ2n) is 4.37. The van der Waals surface area contributed by atoms with Gasteiger partial charge in [0.1, 0.15) is 5.82 Å². The molecule has 1 aliphatic rings. The largest absolute Gasteiger partial charge is 0.397 e. The standard InChI is InChI=1S/C12H16ClFN2O/c1-7-11(3-4-17-7)16(2)12-6-9(14)8(13)5-10(12)15/h5-7,11H,3-4,15H2,1-2H3. The molecule has 1 fully saturated rings. The van der Waals surface area contributed by atoms with Crippen LogP contribution < -0.4 is 10.6 Å². The Morgan fingerprint density at radius 3 is 2.82 bits per heavy atom. The monoisotopic (exact) mass is 258 g/mol. The van der Waals surface area contributed by atoms with Crippen LogP contribution in [0.3, 0.4) is 0 Å². The summed E-state index contributed by atoms with van der Waals surface area (Å²) in [6.07, 6.45) is 1.04. The summed E-state index contributed by atoms with van der Waals surface area (Å²) in [5.41, 5.74) is 7.02. The van der Waals surface area contributed by atoms with Gasteiger partial charge in [-0.3, -0.25) is 0 Å². The summed E-state index contributed by atoms with van der Waals surface area (Å²) in [6.45, 7) is 2.74. The molecule has 0 amide bonds. The third-order valence-electron chi connectivity index (χ3n) is 3.28. The van der Waals surface area contributed by atoms with Gasteiger partial charge in [-0.05, 0) is 19.4 Å². The number of nitrogens with zero attached hydrogens (tertiary/aromatic N) is 1. The first-order valence-corrected chi connectivity index (χ1v) is 5.97. The van der Waals surface area contributed by atoms with Crippen LogP contribution in [-0.4, -0.2) is 25.8 Å². The van der Waals surface area contributed by atoms with Crippen molar-refractivity contribution >= 4 is 23.0 Å². The number of halogens is 2. The number of nitrogen functional groups attached to an aromatic ring is 1. The Labute approximate surface area is 105 Å². The minimum atomic E-state index is -0.450. The van der Waals surface area contributed by atoms with Crippen molar-refractivity contribution in [3.8, 4) is 0 Å². The third-order valence-corrected chi connectivity index (χ3v) is 3.57. The highest BCUT2D eigenvalue weighted by Crippen LogP contribution is 2.32. The first-order valence-electron chi connectivity index (χ1n) is 5.59. The quantitative estimate of drug-likeness (QED) is 0.829. The van der Waals surface area contributed by atoms with Gasteiger partial charge in [-0.2, -0.15) is 0 Å². The van der Waals surface area contributed by atoms with Gasteiger partial charge >= 0.3 is 0 Å². The van der Waals surface area contributed by atoms with Crippen molar-refractivity contribution in [3.63, 3.8) is 0 Å². The van der Waals surface area contributed by atoms with Crippen LogP contribution in [0.5, 0.6) is 0 Å². The van der Waals surface area contributed by atoms with Crippen LogP contribution in [0.15, 0.2) is 12.1 Å². The number of benzene rings is 1. The molecule has 0 saturated carbocycles. The lowest BCUT2D eigenvalue weighted by molar-refractivity contribution is 0.118. The van der Waals surface area contributed by atoms with Crippen LogP contribution in [0.25, 0.3) is 0 Å². The van der Waals surface area contributed by atoms with E-state index in [4.69, 9.17) is 22.1 Å². The van der Waals surface area contributed by atoms with E-state index in [1.165, 1.54) is 12.1 Å². The zero-order chi connectivity index (χ0) is 12.6. The molecule has 1 aromatic carbocycles. The fourth-order valence-corrected chi connectivity index (χ4v) is 2.44. The maximum atomic E-state index is 13.5. The molecular formula is C12H16ClFN2O. The number of rotatable bonds is 2. The number of ether oxygens (including phenoxy) is 1. The molecular weight excluding hydrogens is 243 g/mol. The third kappa shape index (κ3) is 2.33. The van der Waals surface area contributed by atoms with Gasteiger partial charge in [-0.25, -0.2) is 4.39 Å². The van der Waals surface area contributed by atoms with Crippen LogP contribution >= 0.6 is 11.6 Å². The molecule has 0 aromatic heterocycles. The Hall–Kier alpha value is -1.00. The first-order chi connectivity index (χ1) is 8.00. The summed E-state index contributed by atoms with van der Waals surface area (Å²) in [6, 6.07) is 3.05. The maximum absolute atomic E-state index is 13.5. The van der Waals surface area contributed by atoms with E-state index in [1.807, 2.05) is 18.9 Å². The van der Waals surface area contributed by atoms with Crippen LogP contribution in [0.2, 0.25) is 5.02 Å². The van der Waals surface area contributed by atoms with Gasteiger partial charge in [0.2, 0.25) is 0 Å². The number of hydrogen-bond acceptors (Lipinski definition) is 3. The average Bonchev–Trinajstić information content (AvgIpc) is 2.69. The van der Waals surface area contributed by atoms with Gasteiger partial charge in [-0.1, -0.05) is 11.6 Å². The number of likely N-dealkylation sites (N-methyl/N-ethyl adjacent to an activating group) is 1. The normalized spacial score (nSPS) is 24.0. The molecule has 17 heavy (non-hydrogen) atoms. The van der Waals surface area contributed by atoms with E-state index in [-0.39, 0.29) is 17.2 Å². The molecule has 2 unspecified atom stereocenters. The molecule has 0 aliphatic carbocycles. The van der Waals surface area contributed by atoms with E-state index in [1.54, 1.807) is 0 Å². The van der Waals surface area contributed by atoms with Gasteiger partial charge in [0.25, 0.3) is 0 Å². The van der Waals surface area contributed by atoms with Crippen LogP contribution in [0.4, 0.5) is 15.8 Å². The average molecular weight is 259 g/mol. The van der Waals surface area contributed by atoms with E-state index in [0.29, 0.717) is 11.4 Å². The van der Waals surface area contributed by atoms with E-state index >= 15 is 0 Å². The van der Waals surface area contributed by atoms with Gasteiger partial charge in [0.05, 0.1) is 28.5 Å². The Kier molecular flexibility index (Phi) is 3.45. The highest BCUT2D eigenvalue weighted by Gasteiger charge is 2.29. The van der Waals surface area contributed by atoms with E-state index < -0.39 is 5.82 Å². The molecule has 1 aromatic rings. The van der Waals surface area contributed by atoms with Crippen LogP contribution in [0.1, 0.15) is 13.3 Å². The summed E-state index contributed by atoms with van der Waals surface area (Å²) in [5, 5.41) is 0.0513. The van der Waals surface area contributed by atoms with Gasteiger partial charge < -0.3 is 15.4 Å². The van der Waals surface area contributed by atoms with Gasteiger partial charge in [0, 0.05) is 19.7 Å². The molecule has 2 N–H and O–H groups in total. The second kappa shape index (κ2) is 4.70. The summed E-state index contributed by atoms with van der Waals surface area (Å²) < 4.78 is 19.0. The number of anilines is 2. The molecule has 2 atom stereocenters. The van der Waals surface area contributed by atoms with Gasteiger partial charge in [0.15, 0.2) is 0 Å². The smallest absolute Gasteiger partial charge is 0.144 e. The minimum Gasteiger partial charge on any atom is -0.397 e. The second-order valence-corrected chi connectivity index (χ2v) is 4.78. The maximum Gasteiger partial charge on any atom is 0.144 e. The Balaban J connectivity index is 2.30. The van der Waals surface area contributed by atoms with E-state index in [2.05, 4.69) is 0 Å². The molecule has 0 spiro atoms. The number of hydrogen-bond donors (Lipinski definition) is 1. The molecule has 2 rings (SSSR count). The zero-order valence-corrected chi connectivity index (χ0v) is 10.7. The molecule has 1 heterocycles. The zero-order valence-electron chi connectivity index (χ0n) is 9.91. The van der Waals surface area contributed by atoms with E-state index in [0.717, 1.165) is 13.0 Å². The molecule has 1 saturated heterocycles. The van der Waals surface area contributed by atoms with Crippen molar-refractivity contribution in [2.45, 2.75) is 25.5 Å². The molecule has 1 aliphatic heterocycles. The highest BCUT2D eigenvalue weighted by atomic mass is 35.5. The van der Waals surface area contributed by atoms with E-state index in [9.17, 15) is 4.39 Å². The summed E-state index contributed by atoms with van der Waals surface area (Å²) in [4.78, 5) is 1.96. The summed E-state index contributed by atoms with van der Waals surface area (Å²) in [7, 11) is 1.90. The fourth-order valence-electron chi connectivity index (χ4n) is 2.26. The van der Waals surface area contributed by atoms with Crippen molar-refractivity contribution < 1.29 is 9.13 Å². The number of nitrogens with two attached hydrogens (primary N) is 1. The lowest BCUT2D eigenvalue weighted by Gasteiger charge is -2.29.